The Labute approximate surface area is 159 Å². The first kappa shape index (κ1) is 19.1. The van der Waals surface area contributed by atoms with E-state index in [1.54, 1.807) is 7.11 Å². The Morgan fingerprint density at radius 2 is 2.04 bits per heavy atom. The summed E-state index contributed by atoms with van der Waals surface area (Å²) in [5.41, 5.74) is 8.08. The molecule has 1 fully saturated rings. The van der Waals surface area contributed by atoms with E-state index < -0.39 is 0 Å². The zero-order valence-electron chi connectivity index (χ0n) is 15.6. The van der Waals surface area contributed by atoms with E-state index in [0.29, 0.717) is 11.7 Å². The van der Waals surface area contributed by atoms with Gasteiger partial charge in [-0.1, -0.05) is 12.1 Å². The monoisotopic (exact) mass is 376 g/mol. The van der Waals surface area contributed by atoms with Gasteiger partial charge in [0.1, 0.15) is 5.75 Å². The molecule has 2 N–H and O–H groups in total. The lowest BCUT2D eigenvalue weighted by Gasteiger charge is -2.32. The van der Waals surface area contributed by atoms with Crippen LogP contribution in [-0.4, -0.2) is 68.3 Å². The minimum Gasteiger partial charge on any atom is -0.497 e. The van der Waals surface area contributed by atoms with Crippen molar-refractivity contribution in [2.45, 2.75) is 13.0 Å². The summed E-state index contributed by atoms with van der Waals surface area (Å²) in [6, 6.07) is 8.10. The minimum atomic E-state index is 0.515. The average Bonchev–Trinajstić information content (AvgIpc) is 2.99. The molecule has 0 amide bonds. The summed E-state index contributed by atoms with van der Waals surface area (Å²) in [5.74, 6) is 0.866. The largest absolute Gasteiger partial charge is 0.497 e. The van der Waals surface area contributed by atoms with Crippen LogP contribution in [0.3, 0.4) is 0 Å². The number of hydrogen-bond acceptors (Lipinski definition) is 7. The Balaban J connectivity index is 1.50. The zero-order chi connectivity index (χ0) is 18.4. The van der Waals surface area contributed by atoms with Gasteiger partial charge in [0.2, 0.25) is 0 Å². The van der Waals surface area contributed by atoms with Crippen LogP contribution in [0.25, 0.3) is 0 Å². The van der Waals surface area contributed by atoms with Gasteiger partial charge in [-0.2, -0.15) is 0 Å². The third kappa shape index (κ3) is 5.41. The van der Waals surface area contributed by atoms with Crippen LogP contribution in [0.1, 0.15) is 16.1 Å². The van der Waals surface area contributed by atoms with E-state index in [4.69, 9.17) is 15.2 Å². The maximum Gasteiger partial charge on any atom is 0.180 e. The number of ether oxygens (including phenoxy) is 2. The van der Waals surface area contributed by atoms with Crippen LogP contribution in [0, 0.1) is 0 Å². The van der Waals surface area contributed by atoms with Crippen molar-refractivity contribution in [1.29, 1.82) is 0 Å². The third-order valence-corrected chi connectivity index (χ3v) is 5.61. The van der Waals surface area contributed by atoms with E-state index in [9.17, 15) is 0 Å². The van der Waals surface area contributed by atoms with Gasteiger partial charge in [0, 0.05) is 44.0 Å². The summed E-state index contributed by atoms with van der Waals surface area (Å²) < 4.78 is 11.2. The lowest BCUT2D eigenvalue weighted by Crippen LogP contribution is -2.45. The fourth-order valence-electron chi connectivity index (χ4n) is 3.06. The zero-order valence-corrected chi connectivity index (χ0v) is 16.4. The molecule has 1 aromatic heterocycles. The van der Waals surface area contributed by atoms with E-state index in [1.165, 1.54) is 16.9 Å². The van der Waals surface area contributed by atoms with Gasteiger partial charge in [0.05, 0.1) is 26.0 Å². The number of nitrogens with two attached hydrogens (primary N) is 1. The molecule has 0 bridgehead atoms. The summed E-state index contributed by atoms with van der Waals surface area (Å²) in [6.45, 7) is 6.70. The van der Waals surface area contributed by atoms with Crippen molar-refractivity contribution < 1.29 is 9.47 Å². The predicted octanol–water partition coefficient (Wildman–Crippen LogP) is 2.09. The molecule has 0 spiro atoms. The molecule has 0 aliphatic carbocycles. The van der Waals surface area contributed by atoms with Crippen LogP contribution < -0.4 is 10.5 Å². The van der Waals surface area contributed by atoms with Crippen LogP contribution in [0.4, 0.5) is 5.13 Å². The van der Waals surface area contributed by atoms with Crippen molar-refractivity contribution in [3.05, 3.63) is 40.4 Å². The fraction of sp³-hybridized carbons (Fsp3) is 0.526. The Hall–Kier alpha value is -1.67. The molecule has 3 rings (SSSR count). The lowest BCUT2D eigenvalue weighted by atomic mass is 10.1. The SMILES string of the molecule is COc1cccc(Cc2sc(N)nc2COCCN2CCN(C)CC2)c1. The topological polar surface area (TPSA) is 63.9 Å². The molecule has 1 aliphatic rings. The molecule has 2 aromatic rings. The van der Waals surface area contributed by atoms with Crippen molar-refractivity contribution in [1.82, 2.24) is 14.8 Å². The number of piperazine rings is 1. The molecule has 142 valence electrons. The predicted molar refractivity (Wildman–Crippen MR) is 106 cm³/mol. The molecule has 1 saturated heterocycles. The van der Waals surface area contributed by atoms with Gasteiger partial charge in [-0.15, -0.1) is 11.3 Å². The number of nitrogens with zero attached hydrogens (tertiary/aromatic N) is 3. The standard InChI is InChI=1S/C19H28N4O2S/c1-22-6-8-23(9-7-22)10-11-25-14-17-18(26-19(20)21-17)13-15-4-3-5-16(12-15)24-2/h3-5,12H,6-11,13-14H2,1-2H3,(H2,20,21). The van der Waals surface area contributed by atoms with Crippen molar-refractivity contribution in [2.75, 3.05) is 59.2 Å². The number of thiazole rings is 1. The number of likely N-dealkylation sites (N-methyl/N-ethyl adjacent to an activating group) is 1. The van der Waals surface area contributed by atoms with Gasteiger partial charge in [-0.3, -0.25) is 4.90 Å². The molecule has 0 unspecified atom stereocenters. The molecular formula is C19H28N4O2S. The van der Waals surface area contributed by atoms with E-state index >= 15 is 0 Å². The molecular weight excluding hydrogens is 348 g/mol. The maximum absolute atomic E-state index is 5.94. The maximum atomic E-state index is 5.94. The summed E-state index contributed by atoms with van der Waals surface area (Å²) in [6.07, 6.45) is 0.795. The number of nitrogen functional groups attached to an aromatic ring is 1. The smallest absolute Gasteiger partial charge is 0.180 e. The highest BCUT2D eigenvalue weighted by atomic mass is 32.1. The molecule has 1 aliphatic heterocycles. The van der Waals surface area contributed by atoms with E-state index in [-0.39, 0.29) is 0 Å². The number of rotatable bonds is 8. The van der Waals surface area contributed by atoms with Gasteiger partial charge in [-0.05, 0) is 24.7 Å². The number of benzene rings is 1. The Morgan fingerprint density at radius 1 is 1.23 bits per heavy atom. The van der Waals surface area contributed by atoms with Crippen LogP contribution in [0.5, 0.6) is 5.75 Å². The van der Waals surface area contributed by atoms with E-state index in [2.05, 4.69) is 27.9 Å². The lowest BCUT2D eigenvalue weighted by molar-refractivity contribution is 0.0724. The summed E-state index contributed by atoms with van der Waals surface area (Å²) in [5, 5.41) is 0.598. The van der Waals surface area contributed by atoms with Gasteiger partial charge in [-0.25, -0.2) is 4.98 Å². The van der Waals surface area contributed by atoms with Crippen molar-refractivity contribution in [3.8, 4) is 5.75 Å². The van der Waals surface area contributed by atoms with Crippen LogP contribution >= 0.6 is 11.3 Å². The summed E-state index contributed by atoms with van der Waals surface area (Å²) >= 11 is 1.54. The van der Waals surface area contributed by atoms with E-state index in [1.807, 2.05) is 18.2 Å². The second kappa shape index (κ2) is 9.32. The number of hydrogen-bond donors (Lipinski definition) is 1. The first-order valence-corrected chi connectivity index (χ1v) is 9.81. The van der Waals surface area contributed by atoms with Crippen molar-refractivity contribution in [3.63, 3.8) is 0 Å². The average molecular weight is 377 g/mol. The van der Waals surface area contributed by atoms with Crippen molar-refractivity contribution >= 4 is 16.5 Å². The Bertz CT molecular complexity index is 699. The normalized spacial score (nSPS) is 16.1. The fourth-order valence-corrected chi connectivity index (χ4v) is 3.93. The first-order chi connectivity index (χ1) is 12.6. The first-order valence-electron chi connectivity index (χ1n) is 8.99. The molecule has 0 radical (unpaired) electrons. The molecule has 1 aromatic carbocycles. The summed E-state index contributed by atoms with van der Waals surface area (Å²) in [4.78, 5) is 10.4. The Morgan fingerprint density at radius 3 is 2.81 bits per heavy atom. The third-order valence-electron chi connectivity index (χ3n) is 4.68. The van der Waals surface area contributed by atoms with Crippen LogP contribution in [-0.2, 0) is 17.8 Å². The highest BCUT2D eigenvalue weighted by Gasteiger charge is 2.14. The van der Waals surface area contributed by atoms with E-state index in [0.717, 1.165) is 62.1 Å². The molecule has 0 atom stereocenters. The summed E-state index contributed by atoms with van der Waals surface area (Å²) in [7, 11) is 3.85. The van der Waals surface area contributed by atoms with Crippen LogP contribution in [0.15, 0.2) is 24.3 Å². The Kier molecular flexibility index (Phi) is 6.85. The van der Waals surface area contributed by atoms with Gasteiger partial charge >= 0.3 is 0 Å². The second-order valence-corrected chi connectivity index (χ2v) is 7.76. The molecule has 7 heteroatoms. The van der Waals surface area contributed by atoms with Gasteiger partial charge in [0.25, 0.3) is 0 Å². The van der Waals surface area contributed by atoms with Crippen LogP contribution in [0.2, 0.25) is 0 Å². The molecule has 2 heterocycles. The molecule has 6 nitrogen and oxygen atoms in total. The molecule has 26 heavy (non-hydrogen) atoms. The highest BCUT2D eigenvalue weighted by molar-refractivity contribution is 7.15. The van der Waals surface area contributed by atoms with Crippen molar-refractivity contribution in [2.24, 2.45) is 0 Å². The quantitative estimate of drug-likeness (QED) is 0.712. The second-order valence-electron chi connectivity index (χ2n) is 6.65. The number of anilines is 1. The number of methoxy groups -OCH3 is 1. The highest BCUT2D eigenvalue weighted by Crippen LogP contribution is 2.25. The van der Waals surface area contributed by atoms with Gasteiger partial charge < -0.3 is 20.1 Å². The molecule has 0 saturated carbocycles. The minimum absolute atomic E-state index is 0.515. The number of aromatic nitrogens is 1. The van der Waals surface area contributed by atoms with Gasteiger partial charge in [0.15, 0.2) is 5.13 Å².